The second-order valence-corrected chi connectivity index (χ2v) is 7.98. The lowest BCUT2D eigenvalue weighted by molar-refractivity contribution is -0.126. The molecule has 3 aromatic rings. The molecule has 2 N–H and O–H groups in total. The third-order valence-corrected chi connectivity index (χ3v) is 5.05. The zero-order chi connectivity index (χ0) is 23.8. The Morgan fingerprint density at radius 1 is 0.970 bits per heavy atom. The van der Waals surface area contributed by atoms with E-state index in [0.717, 1.165) is 5.56 Å². The molecule has 6 nitrogen and oxygen atoms in total. The molecule has 10 heteroatoms. The molecule has 3 aromatic carbocycles. The number of para-hydroxylation sites is 1. The summed E-state index contributed by atoms with van der Waals surface area (Å²) < 4.78 is 19.4. The maximum absolute atomic E-state index is 13.6. The average Bonchev–Trinajstić information content (AvgIpc) is 2.76. The highest BCUT2D eigenvalue weighted by molar-refractivity contribution is 6.35. The first kappa shape index (κ1) is 24.5. The van der Waals surface area contributed by atoms with Gasteiger partial charge in [0.05, 0.1) is 11.9 Å². The average molecular weight is 509 g/mol. The summed E-state index contributed by atoms with van der Waals surface area (Å²) >= 11 is 18.1. The van der Waals surface area contributed by atoms with E-state index in [4.69, 9.17) is 39.5 Å². The number of carbonyl (C=O) groups is 2. The number of benzene rings is 3. The Morgan fingerprint density at radius 3 is 2.45 bits per heavy atom. The van der Waals surface area contributed by atoms with Crippen LogP contribution in [0.5, 0.6) is 5.75 Å². The first-order valence-corrected chi connectivity index (χ1v) is 10.7. The summed E-state index contributed by atoms with van der Waals surface area (Å²) in [4.78, 5) is 23.9. The normalized spacial score (nSPS) is 10.8. The van der Waals surface area contributed by atoms with Crippen molar-refractivity contribution < 1.29 is 18.7 Å². The van der Waals surface area contributed by atoms with Crippen LogP contribution in [0.25, 0.3) is 0 Å². The largest absolute Gasteiger partial charge is 0.488 e. The topological polar surface area (TPSA) is 79.8 Å². The van der Waals surface area contributed by atoms with E-state index < -0.39 is 24.1 Å². The molecule has 0 aliphatic carbocycles. The smallest absolute Gasteiger partial charge is 0.249 e. The van der Waals surface area contributed by atoms with Gasteiger partial charge >= 0.3 is 0 Å². The zero-order valence-corrected chi connectivity index (χ0v) is 19.2. The maximum Gasteiger partial charge on any atom is 0.249 e. The van der Waals surface area contributed by atoms with Gasteiger partial charge in [-0.3, -0.25) is 9.59 Å². The van der Waals surface area contributed by atoms with Gasteiger partial charge in [0.2, 0.25) is 11.8 Å². The molecule has 0 spiro atoms. The molecule has 0 radical (unpaired) electrons. The molecule has 3 rings (SSSR count). The number of anilines is 1. The summed E-state index contributed by atoms with van der Waals surface area (Å²) in [6.07, 6.45) is 0.789. The quantitative estimate of drug-likeness (QED) is 0.228. The van der Waals surface area contributed by atoms with Crippen molar-refractivity contribution in [2.24, 2.45) is 5.10 Å². The molecule has 0 aromatic heterocycles. The van der Waals surface area contributed by atoms with Crippen LogP contribution in [0.2, 0.25) is 15.1 Å². The van der Waals surface area contributed by atoms with Gasteiger partial charge in [-0.1, -0.05) is 53.0 Å². The van der Waals surface area contributed by atoms with Gasteiger partial charge in [0.25, 0.3) is 0 Å². The minimum absolute atomic E-state index is 0.0136. The van der Waals surface area contributed by atoms with E-state index in [9.17, 15) is 14.0 Å². The molecule has 0 fully saturated rings. The molecule has 2 amide bonds. The number of carbonyl (C=O) groups excluding carboxylic acids is 2. The first-order valence-electron chi connectivity index (χ1n) is 9.54. The van der Waals surface area contributed by atoms with Gasteiger partial charge in [0.15, 0.2) is 0 Å². The van der Waals surface area contributed by atoms with Crippen LogP contribution in [0.15, 0.2) is 65.8 Å². The fraction of sp³-hybridized carbons (Fsp3) is 0.0870. The van der Waals surface area contributed by atoms with Crippen LogP contribution in [0.1, 0.15) is 17.5 Å². The van der Waals surface area contributed by atoms with Gasteiger partial charge in [-0.15, -0.1) is 0 Å². The van der Waals surface area contributed by atoms with Crippen molar-refractivity contribution in [1.82, 2.24) is 5.43 Å². The van der Waals surface area contributed by atoms with E-state index >= 15 is 0 Å². The summed E-state index contributed by atoms with van der Waals surface area (Å²) in [5.74, 6) is -1.52. The van der Waals surface area contributed by atoms with Gasteiger partial charge in [0, 0.05) is 26.2 Å². The molecule has 0 saturated heterocycles. The molecular formula is C23H17Cl3FN3O3. The Bertz CT molecular complexity index is 1200. The van der Waals surface area contributed by atoms with E-state index in [2.05, 4.69) is 15.8 Å². The van der Waals surface area contributed by atoms with Gasteiger partial charge in [-0.05, 0) is 42.5 Å². The Labute approximate surface area is 204 Å². The van der Waals surface area contributed by atoms with Crippen LogP contribution in [0.3, 0.4) is 0 Å². The van der Waals surface area contributed by atoms with Crippen molar-refractivity contribution in [2.75, 3.05) is 5.32 Å². The Balaban J connectivity index is 1.58. The van der Waals surface area contributed by atoms with Crippen molar-refractivity contribution in [3.05, 3.63) is 92.7 Å². The zero-order valence-electron chi connectivity index (χ0n) is 16.9. The molecule has 0 aliphatic rings. The van der Waals surface area contributed by atoms with E-state index in [1.807, 2.05) is 0 Å². The lowest BCUT2D eigenvalue weighted by atomic mass is 10.2. The highest BCUT2D eigenvalue weighted by Gasteiger charge is 2.11. The number of amides is 2. The maximum atomic E-state index is 13.6. The van der Waals surface area contributed by atoms with Crippen molar-refractivity contribution in [3.8, 4) is 5.75 Å². The van der Waals surface area contributed by atoms with Gasteiger partial charge in [-0.2, -0.15) is 5.10 Å². The fourth-order valence-corrected chi connectivity index (χ4v) is 3.31. The molecule has 170 valence electrons. The summed E-state index contributed by atoms with van der Waals surface area (Å²) in [6, 6.07) is 15.6. The van der Waals surface area contributed by atoms with Crippen LogP contribution in [-0.2, 0) is 16.2 Å². The molecule has 0 unspecified atom stereocenters. The van der Waals surface area contributed by atoms with Crippen LogP contribution < -0.4 is 15.5 Å². The van der Waals surface area contributed by atoms with E-state index in [0.29, 0.717) is 26.4 Å². The first-order chi connectivity index (χ1) is 15.8. The third kappa shape index (κ3) is 7.46. The van der Waals surface area contributed by atoms with Crippen molar-refractivity contribution in [1.29, 1.82) is 0 Å². The minimum atomic E-state index is -0.683. The highest BCUT2D eigenvalue weighted by Crippen LogP contribution is 2.25. The fourth-order valence-electron chi connectivity index (χ4n) is 2.66. The number of rotatable bonds is 8. The summed E-state index contributed by atoms with van der Waals surface area (Å²) in [6.45, 7) is 0.168. The van der Waals surface area contributed by atoms with Crippen molar-refractivity contribution >= 4 is 58.5 Å². The standard InChI is InChI=1S/C23H17Cl3FN3O3/c24-16-7-8-21(33-13-14-5-6-17(25)10-18(14)26)15(9-16)12-28-30-23(32)11-22(31)29-20-4-2-1-3-19(20)27/h1-10,12H,11,13H2,(H,29,31)(H,30,32). The Kier molecular flexibility index (Phi) is 8.65. The number of nitrogens with zero attached hydrogens (tertiary/aromatic N) is 1. The lowest BCUT2D eigenvalue weighted by Crippen LogP contribution is -2.25. The summed E-state index contributed by atoms with van der Waals surface area (Å²) in [5.41, 5.74) is 3.45. The van der Waals surface area contributed by atoms with Crippen molar-refractivity contribution in [3.63, 3.8) is 0 Å². The summed E-state index contributed by atoms with van der Waals surface area (Å²) in [5, 5.41) is 7.58. The van der Waals surface area contributed by atoms with Gasteiger partial charge in [0.1, 0.15) is 24.6 Å². The molecule has 0 aliphatic heterocycles. The SMILES string of the molecule is O=C(CC(=O)Nc1ccccc1F)NN=Cc1cc(Cl)ccc1OCc1ccc(Cl)cc1Cl. The molecule has 0 bridgehead atoms. The predicted molar refractivity (Wildman–Crippen MR) is 128 cm³/mol. The third-order valence-electron chi connectivity index (χ3n) is 4.23. The van der Waals surface area contributed by atoms with Crippen LogP contribution in [0, 0.1) is 5.82 Å². The van der Waals surface area contributed by atoms with Crippen LogP contribution >= 0.6 is 34.8 Å². The molecule has 0 atom stereocenters. The number of hydrazone groups is 1. The highest BCUT2D eigenvalue weighted by atomic mass is 35.5. The van der Waals surface area contributed by atoms with E-state index in [-0.39, 0.29) is 12.3 Å². The number of ether oxygens (including phenoxy) is 1. The minimum Gasteiger partial charge on any atom is -0.488 e. The molecule has 33 heavy (non-hydrogen) atoms. The van der Waals surface area contributed by atoms with E-state index in [1.54, 1.807) is 42.5 Å². The number of hydrogen-bond donors (Lipinski definition) is 2. The number of halogens is 4. The molecule has 0 saturated carbocycles. The Morgan fingerprint density at radius 2 is 1.70 bits per heavy atom. The van der Waals surface area contributed by atoms with Crippen LogP contribution in [0.4, 0.5) is 10.1 Å². The lowest BCUT2D eigenvalue weighted by Gasteiger charge is -2.11. The summed E-state index contributed by atoms with van der Waals surface area (Å²) in [7, 11) is 0. The molecule has 0 heterocycles. The second-order valence-electron chi connectivity index (χ2n) is 6.70. The predicted octanol–water partition coefficient (Wildman–Crippen LogP) is 5.84. The van der Waals surface area contributed by atoms with Gasteiger partial charge in [-0.25, -0.2) is 9.82 Å². The van der Waals surface area contributed by atoms with E-state index in [1.165, 1.54) is 24.4 Å². The number of hydrogen-bond acceptors (Lipinski definition) is 4. The van der Waals surface area contributed by atoms with Crippen molar-refractivity contribution in [2.45, 2.75) is 13.0 Å². The Hall–Kier alpha value is -3.13. The number of nitrogens with one attached hydrogen (secondary N) is 2. The van der Waals surface area contributed by atoms with Gasteiger partial charge < -0.3 is 10.1 Å². The molecular weight excluding hydrogens is 492 g/mol. The second kappa shape index (κ2) is 11.7. The van der Waals surface area contributed by atoms with Crippen LogP contribution in [-0.4, -0.2) is 18.0 Å². The monoisotopic (exact) mass is 507 g/mol.